The first-order valence-electron chi connectivity index (χ1n) is 5.35. The van der Waals surface area contributed by atoms with Crippen LogP contribution in [0.5, 0.6) is 0 Å². The Labute approximate surface area is 91.6 Å². The Morgan fingerprint density at radius 2 is 1.53 bits per heavy atom. The first-order valence-corrected chi connectivity index (χ1v) is 5.35. The van der Waals surface area contributed by atoms with E-state index in [1.807, 2.05) is 0 Å². The van der Waals surface area contributed by atoms with Gasteiger partial charge in [0.2, 0.25) is 0 Å². The second-order valence-electron chi connectivity index (χ2n) is 5.14. The molecule has 0 fully saturated rings. The van der Waals surface area contributed by atoms with Crippen molar-refractivity contribution in [3.05, 3.63) is 41.5 Å². The van der Waals surface area contributed by atoms with E-state index in [-0.39, 0.29) is 5.41 Å². The summed E-state index contributed by atoms with van der Waals surface area (Å²) in [7, 11) is 0. The van der Waals surface area contributed by atoms with Crippen LogP contribution in [0.3, 0.4) is 0 Å². The van der Waals surface area contributed by atoms with Gasteiger partial charge in [-0.05, 0) is 13.0 Å². The smallest absolute Gasteiger partial charge is 0.0723 e. The summed E-state index contributed by atoms with van der Waals surface area (Å²) in [5.74, 6) is 0. The maximum absolute atomic E-state index is 4.57. The Morgan fingerprint density at radius 3 is 2.00 bits per heavy atom. The standard InChI is InChI=1S/C14H17N/c1-10-5-7-11(8-6-10)12-9-13(15-12)14(2,3)4/h5-9H,1-4H3. The topological polar surface area (TPSA) is 12.4 Å². The molecule has 1 nitrogen and oxygen atoms in total. The summed E-state index contributed by atoms with van der Waals surface area (Å²) >= 11 is 0. The fourth-order valence-corrected chi connectivity index (χ4v) is 1.51. The Bertz CT molecular complexity index is 427. The zero-order valence-electron chi connectivity index (χ0n) is 9.83. The Kier molecular flexibility index (Phi) is 2.26. The molecule has 0 bridgehead atoms. The predicted molar refractivity (Wildman–Crippen MR) is 66.0 cm³/mol. The van der Waals surface area contributed by atoms with Crippen molar-refractivity contribution in [2.75, 3.05) is 0 Å². The number of allylic oxidation sites excluding steroid dienone is 1. The molecule has 0 spiro atoms. The molecule has 0 unspecified atom stereocenters. The third-order valence-corrected chi connectivity index (χ3v) is 2.63. The third kappa shape index (κ3) is 2.01. The predicted octanol–water partition coefficient (Wildman–Crippen LogP) is 3.84. The molecule has 0 radical (unpaired) electrons. The van der Waals surface area contributed by atoms with Gasteiger partial charge in [-0.1, -0.05) is 50.6 Å². The average molecular weight is 199 g/mol. The Morgan fingerprint density at radius 1 is 1.00 bits per heavy atom. The van der Waals surface area contributed by atoms with Crippen LogP contribution in [-0.4, -0.2) is 5.71 Å². The second-order valence-corrected chi connectivity index (χ2v) is 5.14. The minimum absolute atomic E-state index is 0.175. The van der Waals surface area contributed by atoms with E-state index in [1.54, 1.807) is 0 Å². The Balaban J connectivity index is 2.15. The summed E-state index contributed by atoms with van der Waals surface area (Å²) in [6, 6.07) is 8.51. The van der Waals surface area contributed by atoms with Gasteiger partial charge in [-0.15, -0.1) is 0 Å². The van der Waals surface area contributed by atoms with Gasteiger partial charge >= 0.3 is 0 Å². The summed E-state index contributed by atoms with van der Waals surface area (Å²) in [4.78, 5) is 4.57. The molecule has 0 saturated heterocycles. The van der Waals surface area contributed by atoms with Crippen molar-refractivity contribution in [2.24, 2.45) is 10.4 Å². The van der Waals surface area contributed by atoms with Gasteiger partial charge in [0.05, 0.1) is 5.70 Å². The molecule has 1 aliphatic rings. The van der Waals surface area contributed by atoms with Crippen LogP contribution >= 0.6 is 0 Å². The monoisotopic (exact) mass is 199 g/mol. The SMILES string of the molecule is Cc1ccc(C2=CC(C(C)(C)C)=N2)cc1. The number of aliphatic imine (C=N–C) groups is 1. The van der Waals surface area contributed by atoms with Gasteiger partial charge in [0.15, 0.2) is 0 Å². The number of hydrogen-bond acceptors (Lipinski definition) is 1. The molecule has 15 heavy (non-hydrogen) atoms. The Hall–Kier alpha value is -1.37. The van der Waals surface area contributed by atoms with E-state index in [4.69, 9.17) is 0 Å². The largest absolute Gasteiger partial charge is 0.252 e. The van der Waals surface area contributed by atoms with Crippen LogP contribution in [0.2, 0.25) is 0 Å². The molecule has 0 atom stereocenters. The van der Waals surface area contributed by atoms with E-state index in [0.29, 0.717) is 0 Å². The van der Waals surface area contributed by atoms with Crippen molar-refractivity contribution in [1.82, 2.24) is 0 Å². The molecule has 2 rings (SSSR count). The number of benzene rings is 1. The van der Waals surface area contributed by atoms with Crippen LogP contribution in [0.1, 0.15) is 31.9 Å². The van der Waals surface area contributed by atoms with Gasteiger partial charge in [-0.2, -0.15) is 0 Å². The first kappa shape index (κ1) is 10.2. The fraction of sp³-hybridized carbons (Fsp3) is 0.357. The van der Waals surface area contributed by atoms with E-state index >= 15 is 0 Å². The van der Waals surface area contributed by atoms with Crippen LogP contribution in [0.4, 0.5) is 0 Å². The molecule has 78 valence electrons. The highest BCUT2D eigenvalue weighted by Gasteiger charge is 2.23. The lowest BCUT2D eigenvalue weighted by molar-refractivity contribution is 0.592. The minimum atomic E-state index is 0.175. The van der Waals surface area contributed by atoms with Crippen molar-refractivity contribution in [3.8, 4) is 0 Å². The highest BCUT2D eigenvalue weighted by atomic mass is 14.8. The van der Waals surface area contributed by atoms with E-state index in [9.17, 15) is 0 Å². The van der Waals surface area contributed by atoms with Gasteiger partial charge in [-0.3, -0.25) is 4.99 Å². The van der Waals surface area contributed by atoms with E-state index in [1.165, 1.54) is 16.8 Å². The molecular formula is C14H17N. The van der Waals surface area contributed by atoms with Crippen molar-refractivity contribution in [2.45, 2.75) is 27.7 Å². The van der Waals surface area contributed by atoms with E-state index in [2.05, 4.69) is 63.0 Å². The lowest BCUT2D eigenvalue weighted by Gasteiger charge is -2.25. The van der Waals surface area contributed by atoms with Gasteiger partial charge in [-0.25, -0.2) is 0 Å². The zero-order chi connectivity index (χ0) is 11.1. The summed E-state index contributed by atoms with van der Waals surface area (Å²) in [6.07, 6.45) is 2.19. The zero-order valence-corrected chi connectivity index (χ0v) is 9.83. The van der Waals surface area contributed by atoms with Crippen molar-refractivity contribution in [3.63, 3.8) is 0 Å². The van der Waals surface area contributed by atoms with Gasteiger partial charge < -0.3 is 0 Å². The third-order valence-electron chi connectivity index (χ3n) is 2.63. The maximum atomic E-state index is 4.57. The van der Waals surface area contributed by atoms with E-state index < -0.39 is 0 Å². The molecule has 0 amide bonds. The fourth-order valence-electron chi connectivity index (χ4n) is 1.51. The van der Waals surface area contributed by atoms with E-state index in [0.717, 1.165) is 5.70 Å². The van der Waals surface area contributed by atoms with Crippen LogP contribution in [0, 0.1) is 12.3 Å². The lowest BCUT2D eigenvalue weighted by Crippen LogP contribution is -2.22. The summed E-state index contributed by atoms with van der Waals surface area (Å²) in [5.41, 5.74) is 4.99. The molecule has 0 saturated carbocycles. The molecule has 1 aromatic rings. The minimum Gasteiger partial charge on any atom is -0.252 e. The molecule has 0 aromatic heterocycles. The first-order chi connectivity index (χ1) is 6.97. The summed E-state index contributed by atoms with van der Waals surface area (Å²) in [5, 5.41) is 0. The maximum Gasteiger partial charge on any atom is 0.0723 e. The van der Waals surface area contributed by atoms with Crippen LogP contribution in [-0.2, 0) is 0 Å². The number of aryl methyl sites for hydroxylation is 1. The highest BCUT2D eigenvalue weighted by molar-refractivity contribution is 6.12. The summed E-state index contributed by atoms with van der Waals surface area (Å²) < 4.78 is 0. The molecular weight excluding hydrogens is 182 g/mol. The molecule has 1 heteroatoms. The van der Waals surface area contributed by atoms with Crippen LogP contribution in [0.25, 0.3) is 5.70 Å². The van der Waals surface area contributed by atoms with Crippen LogP contribution in [0.15, 0.2) is 35.3 Å². The molecule has 0 aliphatic carbocycles. The van der Waals surface area contributed by atoms with Gasteiger partial charge in [0.25, 0.3) is 0 Å². The quantitative estimate of drug-likeness (QED) is 0.651. The van der Waals surface area contributed by atoms with Crippen LogP contribution < -0.4 is 0 Å². The lowest BCUT2D eigenvalue weighted by atomic mass is 9.86. The number of hydrogen-bond donors (Lipinski definition) is 0. The normalized spacial score (nSPS) is 15.5. The molecule has 1 heterocycles. The number of nitrogens with zero attached hydrogens (tertiary/aromatic N) is 1. The molecule has 0 N–H and O–H groups in total. The van der Waals surface area contributed by atoms with Gasteiger partial charge in [0.1, 0.15) is 0 Å². The second kappa shape index (κ2) is 3.34. The highest BCUT2D eigenvalue weighted by Crippen LogP contribution is 2.30. The molecule has 1 aromatic carbocycles. The van der Waals surface area contributed by atoms with Crippen molar-refractivity contribution < 1.29 is 0 Å². The average Bonchev–Trinajstić information content (AvgIpc) is 2.03. The summed E-state index contributed by atoms with van der Waals surface area (Å²) in [6.45, 7) is 8.67. The van der Waals surface area contributed by atoms with Crippen molar-refractivity contribution >= 4 is 11.4 Å². The van der Waals surface area contributed by atoms with Gasteiger partial charge in [0, 0.05) is 16.7 Å². The van der Waals surface area contributed by atoms with Crippen molar-refractivity contribution in [1.29, 1.82) is 0 Å². The number of rotatable bonds is 1. The molecule has 1 aliphatic heterocycles.